The van der Waals surface area contributed by atoms with Crippen molar-refractivity contribution in [2.24, 2.45) is 0 Å². The Bertz CT molecular complexity index is 1460. The number of carbonyl (C=O) groups excluding carboxylic acids is 1. The molecule has 10 heteroatoms. The van der Waals surface area contributed by atoms with E-state index in [2.05, 4.69) is 27.4 Å². The molecule has 0 bridgehead atoms. The van der Waals surface area contributed by atoms with Crippen LogP contribution >= 0.6 is 0 Å². The molecule has 4 heterocycles. The van der Waals surface area contributed by atoms with Gasteiger partial charge in [-0.05, 0) is 95.8 Å². The van der Waals surface area contributed by atoms with Crippen molar-refractivity contribution in [2.75, 3.05) is 31.1 Å². The third-order valence-electron chi connectivity index (χ3n) is 8.01. The third-order valence-corrected chi connectivity index (χ3v) is 8.01. The summed E-state index contributed by atoms with van der Waals surface area (Å²) >= 11 is 0. The van der Waals surface area contributed by atoms with E-state index in [1.807, 2.05) is 69.6 Å². The van der Waals surface area contributed by atoms with Crippen LogP contribution in [-0.2, 0) is 22.4 Å². The number of carboxylic acids is 1. The summed E-state index contributed by atoms with van der Waals surface area (Å²) in [6, 6.07) is 14.1. The highest BCUT2D eigenvalue weighted by atomic mass is 16.6. The fourth-order valence-electron chi connectivity index (χ4n) is 6.05. The van der Waals surface area contributed by atoms with E-state index < -0.39 is 11.6 Å². The summed E-state index contributed by atoms with van der Waals surface area (Å²) in [5, 5.41) is 17.9. The van der Waals surface area contributed by atoms with Crippen molar-refractivity contribution in [3.63, 3.8) is 0 Å². The van der Waals surface area contributed by atoms with Crippen molar-refractivity contribution in [1.82, 2.24) is 25.0 Å². The molecule has 2 aliphatic rings. The number of nitrogens with zero attached hydrogens (tertiary/aromatic N) is 5. The number of hydrogen-bond acceptors (Lipinski definition) is 7. The van der Waals surface area contributed by atoms with Gasteiger partial charge >= 0.3 is 12.1 Å². The largest absolute Gasteiger partial charge is 0.481 e. The molecule has 0 radical (unpaired) electrons. The van der Waals surface area contributed by atoms with Gasteiger partial charge in [0.05, 0.1) is 17.8 Å². The first-order chi connectivity index (χ1) is 20.4. The molecule has 5 rings (SSSR count). The molecule has 1 amide bonds. The maximum absolute atomic E-state index is 12.9. The summed E-state index contributed by atoms with van der Waals surface area (Å²) in [4.78, 5) is 33.7. The van der Waals surface area contributed by atoms with Crippen molar-refractivity contribution >= 4 is 17.9 Å². The van der Waals surface area contributed by atoms with Gasteiger partial charge in [-0.2, -0.15) is 5.10 Å². The zero-order valence-corrected chi connectivity index (χ0v) is 26.0. The van der Waals surface area contributed by atoms with Crippen molar-refractivity contribution in [2.45, 2.75) is 84.4 Å². The monoisotopic (exact) mass is 588 g/mol. The van der Waals surface area contributed by atoms with Crippen LogP contribution in [0.25, 0.3) is 5.69 Å². The van der Waals surface area contributed by atoms with Crippen molar-refractivity contribution < 1.29 is 19.4 Å². The minimum atomic E-state index is -0.831. The van der Waals surface area contributed by atoms with Gasteiger partial charge in [-0.25, -0.2) is 14.5 Å². The fraction of sp³-hybridized carbons (Fsp3) is 0.515. The lowest BCUT2D eigenvalue weighted by molar-refractivity contribution is -0.137. The maximum atomic E-state index is 12.9. The predicted molar refractivity (Wildman–Crippen MR) is 166 cm³/mol. The van der Waals surface area contributed by atoms with Crippen LogP contribution in [0.2, 0.25) is 0 Å². The molecule has 2 N–H and O–H groups in total. The molecule has 3 aromatic rings. The zero-order chi connectivity index (χ0) is 30.7. The lowest BCUT2D eigenvalue weighted by Gasteiger charge is -2.31. The van der Waals surface area contributed by atoms with Crippen LogP contribution in [0.5, 0.6) is 0 Å². The number of ether oxygens (including phenoxy) is 1. The van der Waals surface area contributed by atoms with E-state index in [4.69, 9.17) is 9.72 Å². The summed E-state index contributed by atoms with van der Waals surface area (Å²) in [5.74, 6) is -0.110. The average Bonchev–Trinajstić information content (AvgIpc) is 3.54. The quantitative estimate of drug-likeness (QED) is 0.359. The minimum absolute atomic E-state index is 0.00423. The van der Waals surface area contributed by atoms with Crippen LogP contribution < -0.4 is 10.2 Å². The molecule has 0 saturated carbocycles. The van der Waals surface area contributed by atoms with Gasteiger partial charge in [0.25, 0.3) is 0 Å². The van der Waals surface area contributed by atoms with Crippen LogP contribution in [0.1, 0.15) is 74.3 Å². The summed E-state index contributed by atoms with van der Waals surface area (Å²) in [7, 11) is 0. The predicted octanol–water partition coefficient (Wildman–Crippen LogP) is 4.99. The third kappa shape index (κ3) is 7.80. The van der Waals surface area contributed by atoms with E-state index in [1.54, 1.807) is 4.90 Å². The summed E-state index contributed by atoms with van der Waals surface area (Å²) in [6.45, 7) is 12.8. The number of rotatable bonds is 9. The molecule has 0 aliphatic carbocycles. The number of likely N-dealkylation sites (tertiary alicyclic amines) is 1. The molecule has 2 aliphatic heterocycles. The summed E-state index contributed by atoms with van der Waals surface area (Å²) < 4.78 is 7.54. The second-order valence-electron chi connectivity index (χ2n) is 12.8. The average molecular weight is 589 g/mol. The van der Waals surface area contributed by atoms with Crippen molar-refractivity contribution in [1.29, 1.82) is 0 Å². The molecule has 1 fully saturated rings. The van der Waals surface area contributed by atoms with Crippen LogP contribution in [0.3, 0.4) is 0 Å². The molecule has 2 atom stereocenters. The highest BCUT2D eigenvalue weighted by Crippen LogP contribution is 2.28. The molecule has 1 aromatic carbocycles. The second-order valence-corrected chi connectivity index (χ2v) is 12.8. The van der Waals surface area contributed by atoms with Crippen molar-refractivity contribution in [3.05, 3.63) is 70.7 Å². The Hall–Kier alpha value is -3.76. The van der Waals surface area contributed by atoms with E-state index in [1.165, 1.54) is 0 Å². The standard InChI is InChI=1S/C33H44N6O4/c1-22-18-23(2)39(36-22)28-10-6-8-25(19-28)29(20-30(40)41)34-27-14-17-37(21-27)16-13-26-12-11-24-9-7-15-38(31(24)35-26)32(42)43-33(3,4)5/h6,8,10-12,18-19,27,29,34H,7,9,13-17,20-21H2,1-5H3,(H,40,41)/t27?,29-/m0/s1. The van der Waals surface area contributed by atoms with Crippen LogP contribution in [0, 0.1) is 13.8 Å². The number of amides is 1. The normalized spacial score (nSPS) is 18.0. The van der Waals surface area contributed by atoms with Gasteiger partial charge in [0.15, 0.2) is 0 Å². The number of nitrogens with one attached hydrogen (secondary N) is 1. The Morgan fingerprint density at radius 3 is 2.67 bits per heavy atom. The van der Waals surface area contributed by atoms with E-state index >= 15 is 0 Å². The second kappa shape index (κ2) is 12.9. The molecule has 1 unspecified atom stereocenters. The van der Waals surface area contributed by atoms with Crippen molar-refractivity contribution in [3.8, 4) is 5.69 Å². The highest BCUT2D eigenvalue weighted by Gasteiger charge is 2.30. The minimum Gasteiger partial charge on any atom is -0.481 e. The number of aliphatic carboxylic acids is 1. The highest BCUT2D eigenvalue weighted by molar-refractivity contribution is 5.88. The molecule has 230 valence electrons. The van der Waals surface area contributed by atoms with Gasteiger partial charge in [0, 0.05) is 49.5 Å². The lowest BCUT2D eigenvalue weighted by Crippen LogP contribution is -2.40. The van der Waals surface area contributed by atoms with E-state index in [9.17, 15) is 14.7 Å². The number of benzene rings is 1. The van der Waals surface area contributed by atoms with Gasteiger partial charge in [-0.1, -0.05) is 18.2 Å². The first-order valence-electron chi connectivity index (χ1n) is 15.3. The Labute approximate surface area is 254 Å². The Morgan fingerprint density at radius 1 is 1.14 bits per heavy atom. The first kappa shape index (κ1) is 30.7. The number of aromatic nitrogens is 3. The van der Waals surface area contributed by atoms with Gasteiger partial charge in [-0.15, -0.1) is 0 Å². The number of hydrogen-bond donors (Lipinski definition) is 2. The summed E-state index contributed by atoms with van der Waals surface area (Å²) in [6.07, 6.45) is 3.17. The molecule has 0 spiro atoms. The molecule has 2 aromatic heterocycles. The number of anilines is 1. The number of aryl methyl sites for hydroxylation is 3. The zero-order valence-electron chi connectivity index (χ0n) is 26.0. The number of carboxylic acid groups (broad SMARTS) is 1. The van der Waals surface area contributed by atoms with Gasteiger partial charge < -0.3 is 20.1 Å². The van der Waals surface area contributed by atoms with Crippen LogP contribution in [0.4, 0.5) is 10.6 Å². The molecule has 1 saturated heterocycles. The molecular weight excluding hydrogens is 544 g/mol. The fourth-order valence-corrected chi connectivity index (χ4v) is 6.05. The van der Waals surface area contributed by atoms with Gasteiger partial charge in [-0.3, -0.25) is 9.69 Å². The summed E-state index contributed by atoms with van der Waals surface area (Å²) in [5.41, 5.74) is 5.33. The molecular formula is C33H44N6O4. The molecule has 43 heavy (non-hydrogen) atoms. The SMILES string of the molecule is Cc1cc(C)n(-c2cccc([C@H](CC(=O)O)NC3CCN(CCc4ccc5c(n4)N(C(=O)OC(C)(C)C)CCC5)C3)c2)n1. The van der Waals surface area contributed by atoms with E-state index in [-0.39, 0.29) is 24.6 Å². The lowest BCUT2D eigenvalue weighted by atomic mass is 10.0. The first-order valence-corrected chi connectivity index (χ1v) is 15.3. The Morgan fingerprint density at radius 2 is 1.95 bits per heavy atom. The van der Waals surface area contributed by atoms with Gasteiger partial charge in [0.2, 0.25) is 0 Å². The van der Waals surface area contributed by atoms with Crippen LogP contribution in [0.15, 0.2) is 42.5 Å². The number of fused-ring (bicyclic) bond motifs is 1. The maximum Gasteiger partial charge on any atom is 0.416 e. The number of pyridine rings is 1. The Balaban J connectivity index is 1.21. The van der Waals surface area contributed by atoms with E-state index in [0.29, 0.717) is 6.54 Å². The van der Waals surface area contributed by atoms with Crippen LogP contribution in [-0.4, -0.2) is 74.7 Å². The smallest absolute Gasteiger partial charge is 0.416 e. The Kier molecular flexibility index (Phi) is 9.17. The van der Waals surface area contributed by atoms with E-state index in [0.717, 1.165) is 85.0 Å². The van der Waals surface area contributed by atoms with Gasteiger partial charge in [0.1, 0.15) is 11.4 Å². The number of carbonyl (C=O) groups is 2. The topological polar surface area (TPSA) is 113 Å². The molecule has 10 nitrogen and oxygen atoms in total.